The highest BCUT2D eigenvalue weighted by atomic mass is 16.7. The fourth-order valence-corrected chi connectivity index (χ4v) is 6.57. The lowest BCUT2D eigenvalue weighted by molar-refractivity contribution is -0.173. The van der Waals surface area contributed by atoms with Crippen LogP contribution in [0.5, 0.6) is 0 Å². The Hall–Kier alpha value is -11.2. The van der Waals surface area contributed by atoms with E-state index in [-0.39, 0.29) is 58.7 Å². The quantitative estimate of drug-likeness (QED) is 0.0124. The zero-order valence-electron chi connectivity index (χ0n) is 68.8. The second kappa shape index (κ2) is 57.8. The second-order valence-corrected chi connectivity index (χ2v) is 28.5. The van der Waals surface area contributed by atoms with Gasteiger partial charge in [0.25, 0.3) is 11.8 Å². The highest BCUT2D eigenvalue weighted by Gasteiger charge is 2.34. The fraction of sp³-hybridized carbons (Fsp3) is 0.625. The van der Waals surface area contributed by atoms with E-state index in [9.17, 15) is 81.5 Å². The van der Waals surface area contributed by atoms with Crippen molar-refractivity contribution < 1.29 is 159 Å². The molecule has 0 aliphatic rings. The lowest BCUT2D eigenvalue weighted by Crippen LogP contribution is -2.48. The van der Waals surface area contributed by atoms with Gasteiger partial charge in [0.05, 0.1) is 58.8 Å². The molecular formula is C72H120N8O33. The predicted molar refractivity (Wildman–Crippen MR) is 402 cm³/mol. The molecule has 0 rings (SSSR count). The Morgan fingerprint density at radius 1 is 0.336 bits per heavy atom. The number of hydroxylamine groups is 4. The molecule has 0 aromatic heterocycles. The van der Waals surface area contributed by atoms with Gasteiger partial charge in [-0.15, -0.1) is 0 Å². The van der Waals surface area contributed by atoms with Crippen LogP contribution in [0.2, 0.25) is 0 Å². The largest absolute Gasteiger partial charge is 0.480 e. The lowest BCUT2D eigenvalue weighted by atomic mass is 10.1. The van der Waals surface area contributed by atoms with E-state index < -0.39 is 179 Å². The number of aliphatic carboxylic acids is 3. The van der Waals surface area contributed by atoms with Crippen LogP contribution in [0.25, 0.3) is 0 Å². The van der Waals surface area contributed by atoms with Crippen LogP contribution in [0.3, 0.4) is 0 Å². The minimum absolute atomic E-state index is 0.0146. The monoisotopic (exact) mass is 1620 g/mol. The number of carbonyl (C=O) groups excluding carboxylic acids is 14. The van der Waals surface area contributed by atoms with Crippen molar-refractivity contribution in [1.82, 2.24) is 36.7 Å². The summed E-state index contributed by atoms with van der Waals surface area (Å²) in [7, 11) is 5.30. The number of nitrogens with one attached hydrogen (secondary N) is 5. The summed E-state index contributed by atoms with van der Waals surface area (Å²) in [6.45, 7) is 47.2. The van der Waals surface area contributed by atoms with E-state index >= 15 is 0 Å². The summed E-state index contributed by atoms with van der Waals surface area (Å²) in [6.07, 6.45) is 0.786. The molecule has 0 unspecified atom stereocenters. The van der Waals surface area contributed by atoms with Gasteiger partial charge in [0, 0.05) is 14.1 Å². The molecule has 0 aliphatic heterocycles. The smallest absolute Gasteiger partial charge is 0.408 e. The number of likely N-dealkylation sites (N-methyl/N-ethyl adjacent to an activating group) is 2. The standard InChI is InChI=1S/2C14H24N2O6.2C12H19NO6.C12H19NO5.C8H15NO4/c2*1-7-8-21-13(19)15-10(12(18)16(5)20-6)9-11(17)22-14(2,3)4;2*1-5-6-18-11(17)13-8(10(15)16)7-9(14)19-12(2,3)4;1-5-6-17-11(16)13-9(8-14)7-10(15)18-12(2,3)4;1-8(2,3)13-6(10)4-5(9)7(11)12/h2*7,10H,1,8-9H2,2-6H3,(H,15,19);2*5,8H,1,6-7H2,2-4H3,(H,13,17)(H,15,16);5,8-9H,1,6-7H2,2-4H3,(H,13,16);5H,4,9H2,1-3H3,(H,11,12)/t2*10-;2*8-;9-;5-/m000000/s1. The van der Waals surface area contributed by atoms with Gasteiger partial charge in [0.15, 0.2) is 0 Å². The molecule has 0 saturated carbocycles. The van der Waals surface area contributed by atoms with Crippen LogP contribution in [0.15, 0.2) is 63.3 Å². The van der Waals surface area contributed by atoms with Gasteiger partial charge in [-0.25, -0.2) is 43.7 Å². The Bertz CT molecular complexity index is 2970. The molecule has 0 heterocycles. The Morgan fingerprint density at radius 3 is 0.717 bits per heavy atom. The Morgan fingerprint density at radius 2 is 0.531 bits per heavy atom. The van der Waals surface area contributed by atoms with Gasteiger partial charge >= 0.3 is 84.2 Å². The van der Waals surface area contributed by atoms with E-state index in [0.29, 0.717) is 6.29 Å². The van der Waals surface area contributed by atoms with Crippen LogP contribution in [0.4, 0.5) is 24.0 Å². The lowest BCUT2D eigenvalue weighted by Gasteiger charge is -2.24. The number of esters is 6. The number of carboxylic acids is 3. The minimum atomic E-state index is -1.40. The number of aldehydes is 1. The summed E-state index contributed by atoms with van der Waals surface area (Å²) in [5.74, 6) is -8.96. The van der Waals surface area contributed by atoms with Crippen molar-refractivity contribution in [2.24, 2.45) is 5.73 Å². The number of carboxylic acid groups (broad SMARTS) is 3. The summed E-state index contributed by atoms with van der Waals surface area (Å²) in [4.78, 5) is 202. The first-order valence-corrected chi connectivity index (χ1v) is 34.1. The number of amides is 7. The van der Waals surface area contributed by atoms with Gasteiger partial charge in [-0.2, -0.15) is 0 Å². The van der Waals surface area contributed by atoms with Crippen molar-refractivity contribution in [2.45, 2.75) is 233 Å². The third-order valence-corrected chi connectivity index (χ3v) is 10.8. The fourth-order valence-electron chi connectivity index (χ4n) is 6.57. The summed E-state index contributed by atoms with van der Waals surface area (Å²) in [6, 6.07) is -7.25. The topological polar surface area (TPSA) is 564 Å². The highest BCUT2D eigenvalue weighted by Crippen LogP contribution is 2.16. The van der Waals surface area contributed by atoms with Crippen molar-refractivity contribution in [3.05, 3.63) is 63.3 Å². The van der Waals surface area contributed by atoms with Gasteiger partial charge in [0.2, 0.25) is 0 Å². The molecule has 0 radical (unpaired) electrons. The summed E-state index contributed by atoms with van der Waals surface area (Å²) in [5.41, 5.74) is 1.08. The summed E-state index contributed by atoms with van der Waals surface area (Å²) < 4.78 is 53.4. The van der Waals surface area contributed by atoms with E-state index in [1.54, 1.807) is 125 Å². The second-order valence-electron chi connectivity index (χ2n) is 28.5. The number of nitrogens with two attached hydrogens (primary N) is 1. The molecule has 10 N–H and O–H groups in total. The molecule has 0 aliphatic carbocycles. The molecular weight excluding hydrogens is 1500 g/mol. The van der Waals surface area contributed by atoms with Crippen molar-refractivity contribution in [3.8, 4) is 0 Å². The number of nitrogens with zero attached hydrogens (tertiary/aromatic N) is 2. The van der Waals surface area contributed by atoms with Crippen LogP contribution in [0, 0.1) is 0 Å². The Balaban J connectivity index is -0.000000306. The molecule has 0 saturated heterocycles. The van der Waals surface area contributed by atoms with Gasteiger partial charge in [-0.05, 0) is 125 Å². The molecule has 7 amide bonds. The van der Waals surface area contributed by atoms with Crippen molar-refractivity contribution >= 4 is 102 Å². The molecule has 0 spiro atoms. The van der Waals surface area contributed by atoms with Crippen LogP contribution >= 0.6 is 0 Å². The zero-order chi connectivity index (χ0) is 89.6. The molecule has 6 atom stereocenters. The van der Waals surface area contributed by atoms with E-state index in [4.69, 9.17) is 68.6 Å². The summed E-state index contributed by atoms with van der Waals surface area (Å²) in [5, 5.41) is 39.0. The molecule has 41 nitrogen and oxygen atoms in total. The first kappa shape index (κ1) is 113. The number of hydrogen-bond acceptors (Lipinski definition) is 31. The van der Waals surface area contributed by atoms with Crippen molar-refractivity contribution in [2.75, 3.05) is 61.3 Å². The zero-order valence-corrected chi connectivity index (χ0v) is 68.8. The number of hydrogen-bond donors (Lipinski definition) is 9. The average Bonchev–Trinajstić information content (AvgIpc) is 0.882. The van der Waals surface area contributed by atoms with E-state index in [1.807, 2.05) is 0 Å². The highest BCUT2D eigenvalue weighted by molar-refractivity contribution is 5.91. The molecule has 41 heteroatoms. The maximum atomic E-state index is 12.1. The van der Waals surface area contributed by atoms with Gasteiger partial charge in [-0.3, -0.25) is 52.8 Å². The molecule has 113 heavy (non-hydrogen) atoms. The van der Waals surface area contributed by atoms with Crippen LogP contribution < -0.4 is 32.3 Å². The minimum Gasteiger partial charge on any atom is -0.480 e. The Kier molecular flexibility index (Phi) is 57.6. The van der Waals surface area contributed by atoms with Crippen LogP contribution in [-0.2, 0) is 119 Å². The van der Waals surface area contributed by atoms with Crippen molar-refractivity contribution in [3.63, 3.8) is 0 Å². The van der Waals surface area contributed by atoms with Gasteiger partial charge in [-0.1, -0.05) is 63.3 Å². The number of carbonyl (C=O) groups is 17. The maximum Gasteiger partial charge on any atom is 0.408 e. The number of rotatable bonds is 35. The SMILES string of the molecule is C=CCOC(=O)N[C@@H](CC(=O)OC(C)(C)C)C(=O)N(C)OC.C=CCOC(=O)N[C@@H](CC(=O)OC(C)(C)C)C(=O)N(C)OC.C=CCOC(=O)N[C@@H](CC(=O)OC(C)(C)C)C(=O)O.C=CCOC(=O)N[C@@H](CC(=O)OC(C)(C)C)C(=O)O.C=CCOC(=O)N[C@H](C=O)CC(=O)OC(C)(C)C.CC(C)(C)OC(=O)C[C@H](N)C(=O)O. The molecule has 0 bridgehead atoms. The predicted octanol–water partition coefficient (Wildman–Crippen LogP) is 5.53. The third kappa shape index (κ3) is 72.1. The third-order valence-electron chi connectivity index (χ3n) is 10.8. The van der Waals surface area contributed by atoms with E-state index in [2.05, 4.69) is 73.7 Å². The van der Waals surface area contributed by atoms with Gasteiger partial charge in [0.1, 0.15) is 103 Å². The average molecular weight is 1630 g/mol. The first-order valence-electron chi connectivity index (χ1n) is 34.1. The number of alkyl carbamates (subject to hydrolysis) is 5. The maximum absolute atomic E-state index is 12.1. The number of ether oxygens (including phenoxy) is 11. The van der Waals surface area contributed by atoms with Crippen LogP contribution in [0.1, 0.15) is 163 Å². The van der Waals surface area contributed by atoms with Crippen molar-refractivity contribution in [1.29, 1.82) is 0 Å². The normalized spacial score (nSPS) is 12.3. The molecule has 646 valence electrons. The van der Waals surface area contributed by atoms with E-state index in [0.717, 1.165) is 10.1 Å². The molecule has 0 fully saturated rings. The van der Waals surface area contributed by atoms with Crippen LogP contribution in [-0.4, -0.2) is 259 Å². The first-order chi connectivity index (χ1) is 51.5. The van der Waals surface area contributed by atoms with E-state index in [1.165, 1.54) is 58.7 Å². The summed E-state index contributed by atoms with van der Waals surface area (Å²) >= 11 is 0. The van der Waals surface area contributed by atoms with Gasteiger partial charge < -0.3 is 105 Å². The Labute approximate surface area is 658 Å². The molecule has 0 aromatic rings. The molecule has 0 aromatic carbocycles.